The van der Waals surface area contributed by atoms with Gasteiger partial charge < -0.3 is 5.21 Å². The topological polar surface area (TPSA) is 45.0 Å². The molecule has 1 aliphatic rings. The van der Waals surface area contributed by atoms with Gasteiger partial charge in [-0.1, -0.05) is 30.8 Å². The Labute approximate surface area is 77.0 Å². The molecule has 1 aliphatic heterocycles. The van der Waals surface area contributed by atoms with Crippen LogP contribution in [0.5, 0.6) is 0 Å². The lowest BCUT2D eigenvalue weighted by molar-refractivity contribution is 0.321. The maximum Gasteiger partial charge on any atom is 0.159 e. The Hall–Kier alpha value is -0.510. The van der Waals surface area contributed by atoms with Crippen LogP contribution in [0.4, 0.5) is 0 Å². The van der Waals surface area contributed by atoms with Crippen molar-refractivity contribution < 1.29 is 5.21 Å². The minimum Gasteiger partial charge on any atom is -0.410 e. The van der Waals surface area contributed by atoms with Crippen LogP contribution < -0.4 is 0 Å². The Bertz CT molecular complexity index is 243. The monoisotopic (exact) mass is 186 g/mol. The molecule has 0 bridgehead atoms. The van der Waals surface area contributed by atoms with Crippen LogP contribution in [0.25, 0.3) is 0 Å². The van der Waals surface area contributed by atoms with Gasteiger partial charge in [0.05, 0.1) is 5.71 Å². The standard InChI is InChI=1S/C8H14N2OS/c1-5(2)6-7(10-11)12-8(3,4)9-6/h5,11H,1-4H3. The Balaban J connectivity index is 2.96. The molecule has 3 nitrogen and oxygen atoms in total. The number of aliphatic imine (C=N–C) groups is 1. The molecule has 0 aliphatic carbocycles. The summed E-state index contributed by atoms with van der Waals surface area (Å²) in [5.74, 6) is 0.324. The summed E-state index contributed by atoms with van der Waals surface area (Å²) in [4.78, 5) is 4.30. The zero-order valence-electron chi connectivity index (χ0n) is 7.83. The molecule has 0 unspecified atom stereocenters. The third-order valence-electron chi connectivity index (χ3n) is 1.59. The van der Waals surface area contributed by atoms with E-state index in [0.717, 1.165) is 5.71 Å². The molecule has 0 aromatic carbocycles. The maximum atomic E-state index is 8.70. The van der Waals surface area contributed by atoms with Crippen molar-refractivity contribution in [1.82, 2.24) is 0 Å². The van der Waals surface area contributed by atoms with Crippen molar-refractivity contribution in [2.24, 2.45) is 16.1 Å². The number of hydrogen-bond donors (Lipinski definition) is 1. The highest BCUT2D eigenvalue weighted by Crippen LogP contribution is 2.35. The number of oxime groups is 1. The van der Waals surface area contributed by atoms with Gasteiger partial charge in [-0.3, -0.25) is 4.99 Å². The van der Waals surface area contributed by atoms with Crippen molar-refractivity contribution in [2.75, 3.05) is 0 Å². The maximum absolute atomic E-state index is 8.70. The third-order valence-corrected chi connectivity index (χ3v) is 2.67. The highest BCUT2D eigenvalue weighted by atomic mass is 32.2. The van der Waals surface area contributed by atoms with Crippen molar-refractivity contribution in [1.29, 1.82) is 0 Å². The third kappa shape index (κ3) is 1.80. The number of hydrogen-bond acceptors (Lipinski definition) is 4. The second kappa shape index (κ2) is 3.09. The molecule has 0 aromatic heterocycles. The Morgan fingerprint density at radius 1 is 1.50 bits per heavy atom. The Morgan fingerprint density at radius 3 is 2.42 bits per heavy atom. The molecule has 4 heteroatoms. The summed E-state index contributed by atoms with van der Waals surface area (Å²) in [6.45, 7) is 8.12. The lowest BCUT2D eigenvalue weighted by atomic mass is 10.1. The van der Waals surface area contributed by atoms with E-state index in [0.29, 0.717) is 11.0 Å². The quantitative estimate of drug-likeness (QED) is 0.504. The molecular weight excluding hydrogens is 172 g/mol. The largest absolute Gasteiger partial charge is 0.410 e. The molecule has 12 heavy (non-hydrogen) atoms. The molecule has 0 atom stereocenters. The fourth-order valence-electron chi connectivity index (χ4n) is 1.10. The van der Waals surface area contributed by atoms with E-state index in [4.69, 9.17) is 5.21 Å². The molecule has 0 radical (unpaired) electrons. The average Bonchev–Trinajstić information content (AvgIpc) is 2.25. The SMILES string of the molecule is CC(C)C1=NC(C)(C)SC1=NO. The Morgan fingerprint density at radius 2 is 2.08 bits per heavy atom. The molecule has 0 amide bonds. The summed E-state index contributed by atoms with van der Waals surface area (Å²) in [6.07, 6.45) is 0. The van der Waals surface area contributed by atoms with Crippen molar-refractivity contribution in [2.45, 2.75) is 32.6 Å². The van der Waals surface area contributed by atoms with Gasteiger partial charge in [0, 0.05) is 0 Å². The normalized spacial score (nSPS) is 25.1. The van der Waals surface area contributed by atoms with Gasteiger partial charge in [-0.15, -0.1) is 0 Å². The summed E-state index contributed by atoms with van der Waals surface area (Å²) >= 11 is 1.50. The molecule has 68 valence electrons. The van der Waals surface area contributed by atoms with E-state index in [1.54, 1.807) is 0 Å². The first-order valence-electron chi connectivity index (χ1n) is 3.97. The van der Waals surface area contributed by atoms with Gasteiger partial charge in [-0.05, 0) is 19.8 Å². The van der Waals surface area contributed by atoms with Crippen LogP contribution in [0.2, 0.25) is 0 Å². The van der Waals surface area contributed by atoms with E-state index in [1.807, 2.05) is 27.7 Å². The van der Waals surface area contributed by atoms with E-state index >= 15 is 0 Å². The van der Waals surface area contributed by atoms with Crippen LogP contribution >= 0.6 is 11.8 Å². The van der Waals surface area contributed by atoms with Gasteiger partial charge >= 0.3 is 0 Å². The van der Waals surface area contributed by atoms with Crippen LogP contribution in [0.15, 0.2) is 10.1 Å². The van der Waals surface area contributed by atoms with Crippen molar-refractivity contribution in [3.63, 3.8) is 0 Å². The van der Waals surface area contributed by atoms with Gasteiger partial charge in [0.1, 0.15) is 4.87 Å². The smallest absolute Gasteiger partial charge is 0.159 e. The average molecular weight is 186 g/mol. The minimum atomic E-state index is -0.166. The molecule has 0 fully saturated rings. The second-order valence-electron chi connectivity index (χ2n) is 3.61. The molecule has 1 rings (SSSR count). The summed E-state index contributed by atoms with van der Waals surface area (Å²) in [7, 11) is 0. The fraction of sp³-hybridized carbons (Fsp3) is 0.750. The molecule has 0 saturated heterocycles. The van der Waals surface area contributed by atoms with Crippen molar-refractivity contribution in [3.05, 3.63) is 0 Å². The number of rotatable bonds is 1. The van der Waals surface area contributed by atoms with Gasteiger partial charge in [0.2, 0.25) is 0 Å². The van der Waals surface area contributed by atoms with E-state index < -0.39 is 0 Å². The van der Waals surface area contributed by atoms with Crippen LogP contribution in [0, 0.1) is 5.92 Å². The molecule has 0 aromatic rings. The van der Waals surface area contributed by atoms with Crippen molar-refractivity contribution >= 4 is 22.5 Å². The molecular formula is C8H14N2OS. The zero-order valence-corrected chi connectivity index (χ0v) is 8.64. The van der Waals surface area contributed by atoms with Crippen LogP contribution in [0.1, 0.15) is 27.7 Å². The van der Waals surface area contributed by atoms with Crippen molar-refractivity contribution in [3.8, 4) is 0 Å². The van der Waals surface area contributed by atoms with Gasteiger partial charge in [0.25, 0.3) is 0 Å². The molecule has 0 spiro atoms. The van der Waals surface area contributed by atoms with E-state index in [-0.39, 0.29) is 4.87 Å². The van der Waals surface area contributed by atoms with E-state index in [9.17, 15) is 0 Å². The van der Waals surface area contributed by atoms with E-state index in [1.165, 1.54) is 11.8 Å². The number of nitrogens with zero attached hydrogens (tertiary/aromatic N) is 2. The summed E-state index contributed by atoms with van der Waals surface area (Å²) < 4.78 is 0. The lowest BCUT2D eigenvalue weighted by Crippen LogP contribution is -2.13. The van der Waals surface area contributed by atoms with Crippen LogP contribution in [-0.4, -0.2) is 20.8 Å². The highest BCUT2D eigenvalue weighted by molar-refractivity contribution is 8.17. The van der Waals surface area contributed by atoms with E-state index in [2.05, 4.69) is 10.1 Å². The summed E-state index contributed by atoms with van der Waals surface area (Å²) in [6, 6.07) is 0. The Kier molecular flexibility index (Phi) is 2.46. The first-order chi connectivity index (χ1) is 5.46. The first-order valence-corrected chi connectivity index (χ1v) is 4.79. The van der Waals surface area contributed by atoms with Crippen LogP contribution in [0.3, 0.4) is 0 Å². The zero-order chi connectivity index (χ0) is 9.35. The van der Waals surface area contributed by atoms with Gasteiger partial charge in [0.15, 0.2) is 5.04 Å². The molecule has 1 N–H and O–H groups in total. The van der Waals surface area contributed by atoms with Gasteiger partial charge in [-0.2, -0.15) is 0 Å². The summed E-state index contributed by atoms with van der Waals surface area (Å²) in [5, 5.41) is 12.6. The molecule has 1 heterocycles. The summed E-state index contributed by atoms with van der Waals surface area (Å²) in [5.41, 5.74) is 0.910. The fourth-order valence-corrected chi connectivity index (χ4v) is 2.14. The number of thioether (sulfide) groups is 1. The minimum absolute atomic E-state index is 0.166. The lowest BCUT2D eigenvalue weighted by Gasteiger charge is -2.09. The molecule has 0 saturated carbocycles. The predicted molar refractivity (Wildman–Crippen MR) is 53.2 cm³/mol. The van der Waals surface area contributed by atoms with Gasteiger partial charge in [-0.25, -0.2) is 0 Å². The predicted octanol–water partition coefficient (Wildman–Crippen LogP) is 2.35. The second-order valence-corrected chi connectivity index (χ2v) is 5.20. The highest BCUT2D eigenvalue weighted by Gasteiger charge is 2.32. The van der Waals surface area contributed by atoms with Crippen LogP contribution in [-0.2, 0) is 0 Å². The first kappa shape index (κ1) is 9.58.